The van der Waals surface area contributed by atoms with Crippen LogP contribution in [-0.2, 0) is 10.0 Å². The predicted molar refractivity (Wildman–Crippen MR) is 67.1 cm³/mol. The first-order chi connectivity index (χ1) is 9.31. The molecular formula is C12H15F3N2O2S. The molecule has 1 aliphatic rings. The molecule has 1 aromatic rings. The molecule has 112 valence electrons. The number of piperidine rings is 1. The molecule has 8 heteroatoms. The number of hydrogen-bond donors (Lipinski definition) is 2. The Labute approximate surface area is 115 Å². The van der Waals surface area contributed by atoms with Crippen LogP contribution in [0.3, 0.4) is 0 Å². The van der Waals surface area contributed by atoms with Gasteiger partial charge < -0.3 is 5.32 Å². The lowest BCUT2D eigenvalue weighted by atomic mass is 9.97. The van der Waals surface area contributed by atoms with Crippen molar-refractivity contribution in [2.75, 3.05) is 13.1 Å². The fourth-order valence-corrected chi connectivity index (χ4v) is 3.73. The van der Waals surface area contributed by atoms with E-state index in [0.717, 1.165) is 0 Å². The normalized spacial score (nSPS) is 23.8. The van der Waals surface area contributed by atoms with Crippen LogP contribution < -0.4 is 10.0 Å². The van der Waals surface area contributed by atoms with Crippen LogP contribution in [0.1, 0.15) is 13.3 Å². The van der Waals surface area contributed by atoms with E-state index in [-0.39, 0.29) is 5.92 Å². The second-order valence-electron chi connectivity index (χ2n) is 4.90. The maximum absolute atomic E-state index is 13.5. The molecule has 0 amide bonds. The summed E-state index contributed by atoms with van der Waals surface area (Å²) in [5, 5.41) is 3.09. The monoisotopic (exact) mass is 308 g/mol. The Morgan fingerprint density at radius 1 is 1.25 bits per heavy atom. The molecule has 2 rings (SSSR count). The van der Waals surface area contributed by atoms with Crippen LogP contribution in [0.4, 0.5) is 13.2 Å². The van der Waals surface area contributed by atoms with Gasteiger partial charge in [0, 0.05) is 18.2 Å². The van der Waals surface area contributed by atoms with Crippen molar-refractivity contribution < 1.29 is 21.6 Å². The molecule has 2 N–H and O–H groups in total. The van der Waals surface area contributed by atoms with Gasteiger partial charge in [-0.3, -0.25) is 0 Å². The first-order valence-electron chi connectivity index (χ1n) is 6.19. The molecule has 0 aromatic heterocycles. The summed E-state index contributed by atoms with van der Waals surface area (Å²) < 4.78 is 66.3. The molecule has 1 aromatic carbocycles. The summed E-state index contributed by atoms with van der Waals surface area (Å²) in [7, 11) is -4.37. The summed E-state index contributed by atoms with van der Waals surface area (Å²) in [6, 6.07) is 0.289. The molecule has 0 radical (unpaired) electrons. The molecular weight excluding hydrogens is 293 g/mol. The molecule has 1 fully saturated rings. The molecule has 20 heavy (non-hydrogen) atoms. The second kappa shape index (κ2) is 5.71. The fraction of sp³-hybridized carbons (Fsp3) is 0.500. The average molecular weight is 308 g/mol. The lowest BCUT2D eigenvalue weighted by molar-refractivity contribution is 0.327. The minimum absolute atomic E-state index is 0.00917. The molecule has 0 spiro atoms. The Bertz CT molecular complexity index is 584. The van der Waals surface area contributed by atoms with Gasteiger partial charge in [0.15, 0.2) is 4.90 Å². The van der Waals surface area contributed by atoms with E-state index in [9.17, 15) is 21.6 Å². The summed E-state index contributed by atoms with van der Waals surface area (Å²) in [6.45, 7) is 3.06. The molecule has 0 aliphatic carbocycles. The highest BCUT2D eigenvalue weighted by molar-refractivity contribution is 7.89. The van der Waals surface area contributed by atoms with Gasteiger partial charge in [0.1, 0.15) is 17.5 Å². The lowest BCUT2D eigenvalue weighted by Crippen LogP contribution is -2.48. The van der Waals surface area contributed by atoms with E-state index in [4.69, 9.17) is 0 Å². The van der Waals surface area contributed by atoms with Crippen molar-refractivity contribution >= 4 is 10.0 Å². The van der Waals surface area contributed by atoms with Gasteiger partial charge in [-0.05, 0) is 25.4 Å². The topological polar surface area (TPSA) is 58.2 Å². The Morgan fingerprint density at radius 2 is 1.85 bits per heavy atom. The number of sulfonamides is 1. The summed E-state index contributed by atoms with van der Waals surface area (Å²) in [6.07, 6.45) is 0.519. The molecule has 2 atom stereocenters. The van der Waals surface area contributed by atoms with Crippen LogP contribution in [0.5, 0.6) is 0 Å². The van der Waals surface area contributed by atoms with Gasteiger partial charge in [0.2, 0.25) is 10.0 Å². The van der Waals surface area contributed by atoms with Gasteiger partial charge in [-0.15, -0.1) is 0 Å². The highest BCUT2D eigenvalue weighted by atomic mass is 32.2. The highest BCUT2D eigenvalue weighted by Gasteiger charge is 2.30. The van der Waals surface area contributed by atoms with Gasteiger partial charge in [-0.2, -0.15) is 0 Å². The van der Waals surface area contributed by atoms with E-state index in [1.807, 2.05) is 6.92 Å². The van der Waals surface area contributed by atoms with Crippen LogP contribution in [0, 0.1) is 23.4 Å². The highest BCUT2D eigenvalue weighted by Crippen LogP contribution is 2.22. The minimum atomic E-state index is -4.37. The summed E-state index contributed by atoms with van der Waals surface area (Å²) in [5.41, 5.74) is 0. The molecule has 0 saturated carbocycles. The third-order valence-electron chi connectivity index (χ3n) is 3.32. The molecule has 0 bridgehead atoms. The van der Waals surface area contributed by atoms with Crippen LogP contribution >= 0.6 is 0 Å². The predicted octanol–water partition coefficient (Wildman–Crippen LogP) is 1.38. The SMILES string of the molecule is C[C@H]1CNCC[C@H]1NS(=O)(=O)c1c(F)cc(F)cc1F. The number of hydrogen-bond acceptors (Lipinski definition) is 3. The maximum atomic E-state index is 13.5. The molecule has 1 heterocycles. The van der Waals surface area contributed by atoms with Gasteiger partial charge >= 0.3 is 0 Å². The maximum Gasteiger partial charge on any atom is 0.246 e. The third-order valence-corrected chi connectivity index (χ3v) is 4.86. The second-order valence-corrected chi connectivity index (χ2v) is 6.55. The zero-order valence-corrected chi connectivity index (χ0v) is 11.6. The van der Waals surface area contributed by atoms with Crippen molar-refractivity contribution in [1.29, 1.82) is 0 Å². The number of halogens is 3. The molecule has 4 nitrogen and oxygen atoms in total. The average Bonchev–Trinajstić information content (AvgIpc) is 2.30. The van der Waals surface area contributed by atoms with Crippen molar-refractivity contribution in [2.45, 2.75) is 24.3 Å². The molecule has 1 aliphatic heterocycles. The Kier molecular flexibility index (Phi) is 4.36. The van der Waals surface area contributed by atoms with Crippen LogP contribution in [-0.4, -0.2) is 27.5 Å². The van der Waals surface area contributed by atoms with Crippen molar-refractivity contribution in [1.82, 2.24) is 10.0 Å². The Balaban J connectivity index is 2.31. The van der Waals surface area contributed by atoms with E-state index in [1.54, 1.807) is 0 Å². The Hall–Kier alpha value is -1.12. The number of nitrogens with one attached hydrogen (secondary N) is 2. The summed E-state index contributed by atoms with van der Waals surface area (Å²) >= 11 is 0. The zero-order chi connectivity index (χ0) is 14.9. The van der Waals surface area contributed by atoms with Crippen LogP contribution in [0.15, 0.2) is 17.0 Å². The smallest absolute Gasteiger partial charge is 0.246 e. The van der Waals surface area contributed by atoms with E-state index in [1.165, 1.54) is 0 Å². The lowest BCUT2D eigenvalue weighted by Gasteiger charge is -2.30. The van der Waals surface area contributed by atoms with E-state index < -0.39 is 38.4 Å². The van der Waals surface area contributed by atoms with Crippen molar-refractivity contribution in [3.05, 3.63) is 29.6 Å². The van der Waals surface area contributed by atoms with Crippen molar-refractivity contribution in [3.63, 3.8) is 0 Å². The van der Waals surface area contributed by atoms with Crippen molar-refractivity contribution in [3.8, 4) is 0 Å². The van der Waals surface area contributed by atoms with Crippen LogP contribution in [0.2, 0.25) is 0 Å². The van der Waals surface area contributed by atoms with E-state index >= 15 is 0 Å². The first kappa shape index (κ1) is 15.3. The Morgan fingerprint density at radius 3 is 2.40 bits per heavy atom. The molecule has 1 saturated heterocycles. The van der Waals surface area contributed by atoms with Gasteiger partial charge in [0.25, 0.3) is 0 Å². The summed E-state index contributed by atoms with van der Waals surface area (Å²) in [5.74, 6) is -4.03. The van der Waals surface area contributed by atoms with E-state index in [2.05, 4.69) is 10.0 Å². The molecule has 0 unspecified atom stereocenters. The van der Waals surface area contributed by atoms with Crippen LogP contribution in [0.25, 0.3) is 0 Å². The standard InChI is InChI=1S/C12H15F3N2O2S/c1-7-6-16-3-2-11(7)17-20(18,19)12-9(14)4-8(13)5-10(12)15/h4-5,7,11,16-17H,2-3,6H2,1H3/t7-,11+/m0/s1. The van der Waals surface area contributed by atoms with Gasteiger partial charge in [0.05, 0.1) is 0 Å². The first-order valence-corrected chi connectivity index (χ1v) is 7.67. The minimum Gasteiger partial charge on any atom is -0.316 e. The van der Waals surface area contributed by atoms with Crippen molar-refractivity contribution in [2.24, 2.45) is 5.92 Å². The summed E-state index contributed by atoms with van der Waals surface area (Å²) in [4.78, 5) is -1.13. The van der Waals surface area contributed by atoms with Gasteiger partial charge in [-0.1, -0.05) is 6.92 Å². The zero-order valence-electron chi connectivity index (χ0n) is 10.8. The van der Waals surface area contributed by atoms with E-state index in [0.29, 0.717) is 31.6 Å². The fourth-order valence-electron chi connectivity index (χ4n) is 2.23. The number of rotatable bonds is 3. The third kappa shape index (κ3) is 3.13. The quantitative estimate of drug-likeness (QED) is 0.887. The van der Waals surface area contributed by atoms with Gasteiger partial charge in [-0.25, -0.2) is 26.3 Å². The largest absolute Gasteiger partial charge is 0.316 e. The number of benzene rings is 1.